The molecule has 0 spiro atoms. The highest BCUT2D eigenvalue weighted by molar-refractivity contribution is 6.31. The molecule has 1 saturated heterocycles. The largest absolute Gasteiger partial charge is 0.399 e. The molecule has 1 aliphatic heterocycles. The lowest BCUT2D eigenvalue weighted by atomic mass is 10.1. The molecule has 4 N–H and O–H groups in total. The third-order valence-electron chi connectivity index (χ3n) is 3.14. The van der Waals surface area contributed by atoms with Crippen LogP contribution in [0.2, 0.25) is 5.02 Å². The summed E-state index contributed by atoms with van der Waals surface area (Å²) in [6.45, 7) is 1.50. The van der Waals surface area contributed by atoms with E-state index in [4.69, 9.17) is 23.1 Å². The van der Waals surface area contributed by atoms with E-state index in [1.807, 2.05) is 6.07 Å². The van der Waals surface area contributed by atoms with Crippen LogP contribution in [0.1, 0.15) is 18.4 Å². The first-order valence-corrected chi connectivity index (χ1v) is 6.03. The van der Waals surface area contributed by atoms with E-state index in [1.165, 1.54) is 0 Å². The van der Waals surface area contributed by atoms with Crippen molar-refractivity contribution in [1.82, 2.24) is 4.90 Å². The van der Waals surface area contributed by atoms with Gasteiger partial charge in [-0.25, -0.2) is 0 Å². The maximum atomic E-state index is 11.3. The third kappa shape index (κ3) is 2.70. The molecule has 1 heterocycles. The zero-order valence-electron chi connectivity index (χ0n) is 9.53. The van der Waals surface area contributed by atoms with Crippen molar-refractivity contribution in [2.24, 2.45) is 5.73 Å². The molecule has 5 heteroatoms. The van der Waals surface area contributed by atoms with Gasteiger partial charge >= 0.3 is 0 Å². The number of hydrogen-bond acceptors (Lipinski definition) is 3. The van der Waals surface area contributed by atoms with Crippen molar-refractivity contribution in [2.45, 2.75) is 25.4 Å². The summed E-state index contributed by atoms with van der Waals surface area (Å²) in [7, 11) is 0. The fourth-order valence-corrected chi connectivity index (χ4v) is 2.45. The summed E-state index contributed by atoms with van der Waals surface area (Å²) in [6.07, 6.45) is 1.82. The van der Waals surface area contributed by atoms with Gasteiger partial charge in [-0.3, -0.25) is 9.69 Å². The number of nitrogen functional groups attached to an aromatic ring is 1. The fraction of sp³-hybridized carbons (Fsp3) is 0.417. The maximum Gasteiger partial charge on any atom is 0.234 e. The van der Waals surface area contributed by atoms with Crippen molar-refractivity contribution >= 4 is 23.2 Å². The zero-order chi connectivity index (χ0) is 12.4. The van der Waals surface area contributed by atoms with Crippen LogP contribution in [0.4, 0.5) is 5.69 Å². The van der Waals surface area contributed by atoms with Crippen molar-refractivity contribution < 1.29 is 4.79 Å². The minimum absolute atomic E-state index is 0.174. The highest BCUT2D eigenvalue weighted by Gasteiger charge is 2.29. The van der Waals surface area contributed by atoms with Crippen molar-refractivity contribution in [3.05, 3.63) is 28.8 Å². The molecule has 1 fully saturated rings. The smallest absolute Gasteiger partial charge is 0.234 e. The van der Waals surface area contributed by atoms with Gasteiger partial charge in [0.2, 0.25) is 5.91 Å². The Balaban J connectivity index is 2.15. The van der Waals surface area contributed by atoms with Crippen molar-refractivity contribution in [2.75, 3.05) is 12.3 Å². The van der Waals surface area contributed by atoms with E-state index in [1.54, 1.807) is 12.1 Å². The third-order valence-corrected chi connectivity index (χ3v) is 3.50. The molecule has 1 amide bonds. The number of anilines is 1. The summed E-state index contributed by atoms with van der Waals surface area (Å²) >= 11 is 6.10. The van der Waals surface area contributed by atoms with E-state index >= 15 is 0 Å². The average molecular weight is 254 g/mol. The molecule has 0 radical (unpaired) electrons. The van der Waals surface area contributed by atoms with Crippen LogP contribution in [0.3, 0.4) is 0 Å². The van der Waals surface area contributed by atoms with Crippen molar-refractivity contribution in [3.63, 3.8) is 0 Å². The molecule has 0 saturated carbocycles. The van der Waals surface area contributed by atoms with Crippen LogP contribution < -0.4 is 11.5 Å². The van der Waals surface area contributed by atoms with Crippen LogP contribution in [0, 0.1) is 0 Å². The number of halogens is 1. The zero-order valence-corrected chi connectivity index (χ0v) is 10.3. The Bertz CT molecular complexity index is 436. The van der Waals surface area contributed by atoms with Crippen LogP contribution in [-0.4, -0.2) is 23.4 Å². The average Bonchev–Trinajstić information content (AvgIpc) is 2.71. The molecule has 4 nitrogen and oxygen atoms in total. The van der Waals surface area contributed by atoms with Gasteiger partial charge in [-0.2, -0.15) is 0 Å². The number of nitrogens with two attached hydrogens (primary N) is 2. The standard InChI is InChI=1S/C12H16ClN3O/c13-10-4-3-9(14)6-8(10)7-16-5-1-2-11(16)12(15)17/h3-4,6,11H,1-2,5,7,14H2,(H2,15,17). The summed E-state index contributed by atoms with van der Waals surface area (Å²) in [4.78, 5) is 13.3. The molecule has 0 bridgehead atoms. The first-order chi connectivity index (χ1) is 8.08. The normalized spacial score (nSPS) is 20.6. The number of nitrogens with zero attached hydrogens (tertiary/aromatic N) is 1. The highest BCUT2D eigenvalue weighted by atomic mass is 35.5. The molecule has 1 unspecified atom stereocenters. The van der Waals surface area contributed by atoms with Gasteiger partial charge < -0.3 is 11.5 Å². The summed E-state index contributed by atoms with van der Waals surface area (Å²) in [6, 6.07) is 5.22. The molecule has 1 aromatic rings. The fourth-order valence-electron chi connectivity index (χ4n) is 2.27. The predicted molar refractivity (Wildman–Crippen MR) is 68.5 cm³/mol. The minimum atomic E-state index is -0.262. The second-order valence-corrected chi connectivity index (χ2v) is 4.79. The number of carbonyl (C=O) groups is 1. The second-order valence-electron chi connectivity index (χ2n) is 4.38. The molecular weight excluding hydrogens is 238 g/mol. The number of primary amides is 1. The lowest BCUT2D eigenvalue weighted by molar-refractivity contribution is -0.122. The summed E-state index contributed by atoms with van der Waals surface area (Å²) in [5, 5.41) is 0.675. The van der Waals surface area contributed by atoms with Gasteiger partial charge in [-0.15, -0.1) is 0 Å². The monoisotopic (exact) mass is 253 g/mol. The van der Waals surface area contributed by atoms with Gasteiger partial charge in [0.1, 0.15) is 0 Å². The quantitative estimate of drug-likeness (QED) is 0.800. The number of hydrogen-bond donors (Lipinski definition) is 2. The molecule has 1 atom stereocenters. The molecular formula is C12H16ClN3O. The molecule has 1 aliphatic rings. The van der Waals surface area contributed by atoms with Crippen LogP contribution in [0.15, 0.2) is 18.2 Å². The van der Waals surface area contributed by atoms with Crippen LogP contribution in [-0.2, 0) is 11.3 Å². The van der Waals surface area contributed by atoms with Crippen LogP contribution in [0.5, 0.6) is 0 Å². The molecule has 17 heavy (non-hydrogen) atoms. The van der Waals surface area contributed by atoms with Gasteiger partial charge in [0.05, 0.1) is 6.04 Å². The number of rotatable bonds is 3. The van der Waals surface area contributed by atoms with E-state index in [0.717, 1.165) is 24.9 Å². The van der Waals surface area contributed by atoms with Gasteiger partial charge in [0, 0.05) is 17.3 Å². The Morgan fingerprint density at radius 1 is 1.53 bits per heavy atom. The second kappa shape index (κ2) is 4.94. The summed E-state index contributed by atoms with van der Waals surface area (Å²) < 4.78 is 0. The lowest BCUT2D eigenvalue weighted by Crippen LogP contribution is -2.39. The Morgan fingerprint density at radius 3 is 3.00 bits per heavy atom. The Kier molecular flexibility index (Phi) is 3.54. The Labute approximate surface area is 106 Å². The van der Waals surface area contributed by atoms with E-state index in [2.05, 4.69) is 4.90 Å². The van der Waals surface area contributed by atoms with Crippen LogP contribution in [0.25, 0.3) is 0 Å². The Morgan fingerprint density at radius 2 is 2.29 bits per heavy atom. The molecule has 0 aromatic heterocycles. The predicted octanol–water partition coefficient (Wildman–Crippen LogP) is 1.37. The number of amides is 1. The minimum Gasteiger partial charge on any atom is -0.399 e. The van der Waals surface area contributed by atoms with Crippen molar-refractivity contribution in [3.8, 4) is 0 Å². The number of likely N-dealkylation sites (tertiary alicyclic amines) is 1. The number of carbonyl (C=O) groups excluding carboxylic acids is 1. The first kappa shape index (κ1) is 12.2. The van der Waals surface area contributed by atoms with Gasteiger partial charge in [-0.1, -0.05) is 11.6 Å². The number of benzene rings is 1. The molecule has 2 rings (SSSR count). The highest BCUT2D eigenvalue weighted by Crippen LogP contribution is 2.25. The summed E-state index contributed by atoms with van der Waals surface area (Å²) in [5.74, 6) is -0.262. The van der Waals surface area contributed by atoms with E-state index in [0.29, 0.717) is 17.3 Å². The topological polar surface area (TPSA) is 72.4 Å². The van der Waals surface area contributed by atoms with E-state index in [9.17, 15) is 4.79 Å². The van der Waals surface area contributed by atoms with Gasteiger partial charge in [0.25, 0.3) is 0 Å². The van der Waals surface area contributed by atoms with E-state index < -0.39 is 0 Å². The SMILES string of the molecule is NC(=O)C1CCCN1Cc1cc(N)ccc1Cl. The van der Waals surface area contributed by atoms with Gasteiger partial charge in [-0.05, 0) is 43.1 Å². The molecule has 1 aromatic carbocycles. The maximum absolute atomic E-state index is 11.3. The van der Waals surface area contributed by atoms with E-state index in [-0.39, 0.29) is 11.9 Å². The molecule has 0 aliphatic carbocycles. The van der Waals surface area contributed by atoms with Crippen molar-refractivity contribution in [1.29, 1.82) is 0 Å². The lowest BCUT2D eigenvalue weighted by Gasteiger charge is -2.22. The Hall–Kier alpha value is -1.26. The molecule has 92 valence electrons. The first-order valence-electron chi connectivity index (χ1n) is 5.65. The van der Waals surface area contributed by atoms with Gasteiger partial charge in [0.15, 0.2) is 0 Å². The summed E-state index contributed by atoms with van der Waals surface area (Å²) in [5.41, 5.74) is 12.7. The van der Waals surface area contributed by atoms with Crippen LogP contribution >= 0.6 is 11.6 Å².